The topological polar surface area (TPSA) is 29.3 Å². The molecule has 0 aromatic rings. The Morgan fingerprint density at radius 3 is 1.88 bits per heavy atom. The number of hydrogen-bond donors (Lipinski definition) is 1. The molecule has 0 bridgehead atoms. The third kappa shape index (κ3) is 5.39. The molecular formula is C15H34N2. The van der Waals surface area contributed by atoms with Crippen molar-refractivity contribution in [3.8, 4) is 0 Å². The maximum atomic E-state index is 6.33. The summed E-state index contributed by atoms with van der Waals surface area (Å²) in [6.45, 7) is 16.0. The van der Waals surface area contributed by atoms with E-state index in [2.05, 4.69) is 60.4 Å². The van der Waals surface area contributed by atoms with E-state index in [1.54, 1.807) is 0 Å². The molecule has 0 aromatic carbocycles. The van der Waals surface area contributed by atoms with Crippen LogP contribution < -0.4 is 5.73 Å². The van der Waals surface area contributed by atoms with Gasteiger partial charge in [-0.1, -0.05) is 41.5 Å². The molecular weight excluding hydrogens is 208 g/mol. The summed E-state index contributed by atoms with van der Waals surface area (Å²) < 4.78 is 0. The molecule has 0 fully saturated rings. The van der Waals surface area contributed by atoms with Crippen LogP contribution in [0, 0.1) is 11.3 Å². The number of hydrogen-bond acceptors (Lipinski definition) is 2. The minimum atomic E-state index is 0.232. The fourth-order valence-electron chi connectivity index (χ4n) is 2.90. The number of nitrogens with two attached hydrogens (primary N) is 1. The SMILES string of the molecule is CCC(N)C(N(C)C(C)CC(C)C)C(C)(C)C. The molecule has 0 radical (unpaired) electrons. The highest BCUT2D eigenvalue weighted by molar-refractivity contribution is 4.91. The Labute approximate surface area is 109 Å². The third-order valence-corrected chi connectivity index (χ3v) is 3.71. The van der Waals surface area contributed by atoms with Crippen molar-refractivity contribution in [3.63, 3.8) is 0 Å². The average molecular weight is 242 g/mol. The zero-order valence-electron chi connectivity index (χ0n) is 13.2. The van der Waals surface area contributed by atoms with Gasteiger partial charge in [-0.3, -0.25) is 4.90 Å². The Morgan fingerprint density at radius 1 is 1.12 bits per heavy atom. The van der Waals surface area contributed by atoms with Crippen LogP contribution in [0.3, 0.4) is 0 Å². The van der Waals surface area contributed by atoms with Gasteiger partial charge in [-0.05, 0) is 38.1 Å². The lowest BCUT2D eigenvalue weighted by Crippen LogP contribution is -2.55. The molecule has 0 amide bonds. The normalized spacial score (nSPS) is 18.5. The van der Waals surface area contributed by atoms with Gasteiger partial charge in [0.05, 0.1) is 0 Å². The van der Waals surface area contributed by atoms with Gasteiger partial charge in [-0.2, -0.15) is 0 Å². The van der Waals surface area contributed by atoms with Crippen LogP contribution in [0.4, 0.5) is 0 Å². The quantitative estimate of drug-likeness (QED) is 0.772. The summed E-state index contributed by atoms with van der Waals surface area (Å²) in [5, 5.41) is 0. The molecule has 2 heteroatoms. The van der Waals surface area contributed by atoms with Gasteiger partial charge < -0.3 is 5.73 Å². The van der Waals surface area contributed by atoms with Crippen LogP contribution in [-0.4, -0.2) is 30.1 Å². The third-order valence-electron chi connectivity index (χ3n) is 3.71. The van der Waals surface area contributed by atoms with E-state index in [0.29, 0.717) is 12.1 Å². The van der Waals surface area contributed by atoms with Crippen LogP contribution in [-0.2, 0) is 0 Å². The van der Waals surface area contributed by atoms with Crippen molar-refractivity contribution in [2.45, 2.75) is 79.4 Å². The summed E-state index contributed by atoms with van der Waals surface area (Å²) in [6, 6.07) is 1.30. The molecule has 0 spiro atoms. The van der Waals surface area contributed by atoms with Gasteiger partial charge in [0.2, 0.25) is 0 Å². The van der Waals surface area contributed by atoms with Gasteiger partial charge in [0, 0.05) is 18.1 Å². The maximum Gasteiger partial charge on any atom is 0.0295 e. The second-order valence-corrected chi connectivity index (χ2v) is 7.03. The molecule has 0 rings (SSSR count). The van der Waals surface area contributed by atoms with Gasteiger partial charge >= 0.3 is 0 Å². The van der Waals surface area contributed by atoms with Crippen molar-refractivity contribution >= 4 is 0 Å². The molecule has 0 aliphatic heterocycles. The zero-order chi connectivity index (χ0) is 13.8. The molecule has 0 aliphatic rings. The van der Waals surface area contributed by atoms with Crippen LogP contribution in [0.2, 0.25) is 0 Å². The van der Waals surface area contributed by atoms with E-state index in [1.807, 2.05) is 0 Å². The van der Waals surface area contributed by atoms with E-state index in [9.17, 15) is 0 Å². The van der Waals surface area contributed by atoms with E-state index in [-0.39, 0.29) is 11.5 Å². The van der Waals surface area contributed by atoms with Crippen LogP contribution in [0.25, 0.3) is 0 Å². The van der Waals surface area contributed by atoms with E-state index in [4.69, 9.17) is 5.73 Å². The molecule has 0 heterocycles. The summed E-state index contributed by atoms with van der Waals surface area (Å²) in [7, 11) is 2.23. The fraction of sp³-hybridized carbons (Fsp3) is 1.00. The Bertz CT molecular complexity index is 205. The van der Waals surface area contributed by atoms with Crippen LogP contribution in [0.5, 0.6) is 0 Å². The molecule has 2 N–H and O–H groups in total. The predicted molar refractivity (Wildman–Crippen MR) is 78.2 cm³/mol. The van der Waals surface area contributed by atoms with Crippen LogP contribution in [0.1, 0.15) is 61.3 Å². The van der Waals surface area contributed by atoms with Crippen molar-refractivity contribution < 1.29 is 0 Å². The molecule has 2 nitrogen and oxygen atoms in total. The first kappa shape index (κ1) is 16.9. The van der Waals surface area contributed by atoms with E-state index in [1.165, 1.54) is 6.42 Å². The van der Waals surface area contributed by atoms with Crippen LogP contribution >= 0.6 is 0 Å². The van der Waals surface area contributed by atoms with Crippen molar-refractivity contribution in [2.24, 2.45) is 17.1 Å². The highest BCUT2D eigenvalue weighted by atomic mass is 15.2. The minimum absolute atomic E-state index is 0.232. The Balaban J connectivity index is 4.81. The second-order valence-electron chi connectivity index (χ2n) is 7.03. The van der Waals surface area contributed by atoms with E-state index >= 15 is 0 Å². The first-order valence-corrected chi connectivity index (χ1v) is 7.08. The van der Waals surface area contributed by atoms with Crippen LogP contribution in [0.15, 0.2) is 0 Å². The van der Waals surface area contributed by atoms with Crippen molar-refractivity contribution in [3.05, 3.63) is 0 Å². The first-order chi connectivity index (χ1) is 7.61. The maximum absolute atomic E-state index is 6.33. The van der Waals surface area contributed by atoms with Gasteiger partial charge in [-0.25, -0.2) is 0 Å². The largest absolute Gasteiger partial charge is 0.326 e. The minimum Gasteiger partial charge on any atom is -0.326 e. The van der Waals surface area contributed by atoms with E-state index in [0.717, 1.165) is 12.3 Å². The van der Waals surface area contributed by atoms with Crippen molar-refractivity contribution in [2.75, 3.05) is 7.05 Å². The smallest absolute Gasteiger partial charge is 0.0295 e. The molecule has 3 atom stereocenters. The Morgan fingerprint density at radius 2 is 1.59 bits per heavy atom. The molecule has 0 saturated carbocycles. The number of likely N-dealkylation sites (N-methyl/N-ethyl adjacent to an activating group) is 1. The van der Waals surface area contributed by atoms with Gasteiger partial charge in [-0.15, -0.1) is 0 Å². The molecule has 17 heavy (non-hydrogen) atoms. The highest BCUT2D eigenvalue weighted by Crippen LogP contribution is 2.29. The lowest BCUT2D eigenvalue weighted by atomic mass is 9.80. The predicted octanol–water partition coefficient (Wildman–Crippen LogP) is 3.50. The average Bonchev–Trinajstić information content (AvgIpc) is 2.14. The molecule has 0 aromatic heterocycles. The summed E-state index contributed by atoms with van der Waals surface area (Å²) in [4.78, 5) is 2.49. The lowest BCUT2D eigenvalue weighted by Gasteiger charge is -2.44. The lowest BCUT2D eigenvalue weighted by molar-refractivity contribution is 0.0615. The summed E-state index contributed by atoms with van der Waals surface area (Å²) >= 11 is 0. The fourth-order valence-corrected chi connectivity index (χ4v) is 2.90. The highest BCUT2D eigenvalue weighted by Gasteiger charge is 2.34. The van der Waals surface area contributed by atoms with Crippen molar-refractivity contribution in [1.29, 1.82) is 0 Å². The first-order valence-electron chi connectivity index (χ1n) is 7.08. The standard InChI is InChI=1S/C15H34N2/c1-9-13(16)14(15(5,6)7)17(8)12(4)10-11(2)3/h11-14H,9-10,16H2,1-8H3. The summed E-state index contributed by atoms with van der Waals surface area (Å²) in [5.41, 5.74) is 6.56. The number of rotatable bonds is 6. The molecule has 0 saturated heterocycles. The summed E-state index contributed by atoms with van der Waals surface area (Å²) in [6.07, 6.45) is 2.28. The van der Waals surface area contributed by atoms with E-state index < -0.39 is 0 Å². The zero-order valence-corrected chi connectivity index (χ0v) is 13.2. The summed E-state index contributed by atoms with van der Waals surface area (Å²) in [5.74, 6) is 0.742. The Hall–Kier alpha value is -0.0800. The monoisotopic (exact) mass is 242 g/mol. The molecule has 3 unspecified atom stereocenters. The Kier molecular flexibility index (Phi) is 6.71. The van der Waals surface area contributed by atoms with Gasteiger partial charge in [0.1, 0.15) is 0 Å². The van der Waals surface area contributed by atoms with Gasteiger partial charge in [0.15, 0.2) is 0 Å². The van der Waals surface area contributed by atoms with Gasteiger partial charge in [0.25, 0.3) is 0 Å². The van der Waals surface area contributed by atoms with Crippen molar-refractivity contribution in [1.82, 2.24) is 4.90 Å². The second kappa shape index (κ2) is 6.75. The molecule has 104 valence electrons. The molecule has 0 aliphatic carbocycles. The number of nitrogens with zero attached hydrogens (tertiary/aromatic N) is 1.